The van der Waals surface area contributed by atoms with Crippen molar-refractivity contribution in [1.82, 2.24) is 0 Å². The first-order chi connectivity index (χ1) is 7.91. The van der Waals surface area contributed by atoms with Crippen LogP contribution in [0.5, 0.6) is 0 Å². The highest BCUT2D eigenvalue weighted by Gasteiger charge is 2.36. The molecule has 0 spiro atoms. The first kappa shape index (κ1) is 11.9. The van der Waals surface area contributed by atoms with Crippen molar-refractivity contribution in [2.45, 2.75) is 25.7 Å². The Kier molecular flexibility index (Phi) is 2.84. The molecule has 1 saturated heterocycles. The maximum atomic E-state index is 13.8. The van der Waals surface area contributed by atoms with E-state index < -0.39 is 28.3 Å². The summed E-state index contributed by atoms with van der Waals surface area (Å²) in [6.07, 6.45) is -0.607. The molecule has 1 fully saturated rings. The standard InChI is InChI=1S/C11H12FNO4/c1-11(2)16-6-9(17-11)7-4-3-5-8(10(7)12)13(14)15/h3-5,9H,6H2,1-2H3. The second-order valence-electron chi connectivity index (χ2n) is 4.25. The summed E-state index contributed by atoms with van der Waals surface area (Å²) in [5.41, 5.74) is -0.388. The highest BCUT2D eigenvalue weighted by Crippen LogP contribution is 2.35. The lowest BCUT2D eigenvalue weighted by molar-refractivity contribution is -0.387. The van der Waals surface area contributed by atoms with E-state index >= 15 is 0 Å². The van der Waals surface area contributed by atoms with Crippen molar-refractivity contribution in [3.63, 3.8) is 0 Å². The lowest BCUT2D eigenvalue weighted by Crippen LogP contribution is -2.19. The maximum absolute atomic E-state index is 13.8. The van der Waals surface area contributed by atoms with E-state index in [0.29, 0.717) is 0 Å². The number of benzene rings is 1. The van der Waals surface area contributed by atoms with Gasteiger partial charge in [-0.05, 0) is 13.8 Å². The molecule has 2 rings (SSSR count). The monoisotopic (exact) mass is 241 g/mol. The Labute approximate surface area is 97.3 Å². The van der Waals surface area contributed by atoms with Crippen LogP contribution in [0.4, 0.5) is 10.1 Å². The molecule has 1 aromatic carbocycles. The number of rotatable bonds is 2. The van der Waals surface area contributed by atoms with E-state index in [9.17, 15) is 14.5 Å². The Morgan fingerprint density at radius 1 is 1.53 bits per heavy atom. The molecule has 1 aliphatic heterocycles. The molecule has 0 aromatic heterocycles. The molecular weight excluding hydrogens is 229 g/mol. The van der Waals surface area contributed by atoms with Crippen LogP contribution in [-0.2, 0) is 9.47 Å². The zero-order valence-electron chi connectivity index (χ0n) is 9.47. The summed E-state index contributed by atoms with van der Waals surface area (Å²) < 4.78 is 24.6. The number of nitrogens with zero attached hydrogens (tertiary/aromatic N) is 1. The normalized spacial score (nSPS) is 22.6. The Hall–Kier alpha value is -1.53. The topological polar surface area (TPSA) is 61.6 Å². The largest absolute Gasteiger partial charge is 0.347 e. The highest BCUT2D eigenvalue weighted by atomic mass is 19.1. The van der Waals surface area contributed by atoms with Gasteiger partial charge in [-0.15, -0.1) is 0 Å². The van der Waals surface area contributed by atoms with Crippen molar-refractivity contribution in [3.05, 3.63) is 39.7 Å². The van der Waals surface area contributed by atoms with E-state index in [2.05, 4.69) is 0 Å². The average molecular weight is 241 g/mol. The van der Waals surface area contributed by atoms with Gasteiger partial charge in [-0.25, -0.2) is 0 Å². The third kappa shape index (κ3) is 2.27. The SMILES string of the molecule is CC1(C)OCC(c2cccc([N+](=O)[O-])c2F)O1. The van der Waals surface area contributed by atoms with Crippen molar-refractivity contribution >= 4 is 5.69 Å². The summed E-state index contributed by atoms with van der Waals surface area (Å²) in [7, 11) is 0. The number of halogens is 1. The van der Waals surface area contributed by atoms with Gasteiger partial charge in [0, 0.05) is 11.6 Å². The summed E-state index contributed by atoms with van der Waals surface area (Å²) >= 11 is 0. The van der Waals surface area contributed by atoms with Gasteiger partial charge in [0.1, 0.15) is 6.10 Å². The zero-order chi connectivity index (χ0) is 12.6. The molecule has 0 radical (unpaired) electrons. The van der Waals surface area contributed by atoms with Crippen LogP contribution in [0.15, 0.2) is 18.2 Å². The van der Waals surface area contributed by atoms with Crippen molar-refractivity contribution in [2.24, 2.45) is 0 Å². The molecule has 1 heterocycles. The molecule has 17 heavy (non-hydrogen) atoms. The minimum atomic E-state index is -0.858. The summed E-state index contributed by atoms with van der Waals surface area (Å²) in [6.45, 7) is 3.61. The van der Waals surface area contributed by atoms with E-state index in [-0.39, 0.29) is 12.2 Å². The van der Waals surface area contributed by atoms with Crippen LogP contribution < -0.4 is 0 Å². The van der Waals surface area contributed by atoms with Gasteiger partial charge in [0.2, 0.25) is 5.82 Å². The summed E-state index contributed by atoms with van der Waals surface area (Å²) in [5.74, 6) is -1.65. The number of hydrogen-bond donors (Lipinski definition) is 0. The minimum Gasteiger partial charge on any atom is -0.347 e. The third-order valence-electron chi connectivity index (χ3n) is 2.56. The van der Waals surface area contributed by atoms with Crippen LogP contribution in [-0.4, -0.2) is 17.3 Å². The van der Waals surface area contributed by atoms with Crippen molar-refractivity contribution in [3.8, 4) is 0 Å². The predicted octanol–water partition coefficient (Wildman–Crippen LogP) is 2.56. The van der Waals surface area contributed by atoms with E-state index in [1.807, 2.05) is 0 Å². The van der Waals surface area contributed by atoms with Crippen LogP contribution in [0.2, 0.25) is 0 Å². The van der Waals surface area contributed by atoms with Crippen molar-refractivity contribution in [1.29, 1.82) is 0 Å². The Balaban J connectivity index is 2.34. The molecule has 1 aliphatic rings. The molecule has 0 bridgehead atoms. The molecule has 0 saturated carbocycles. The number of nitro benzene ring substituents is 1. The average Bonchev–Trinajstić information content (AvgIpc) is 2.58. The van der Waals surface area contributed by atoms with Gasteiger partial charge < -0.3 is 9.47 Å². The van der Waals surface area contributed by atoms with E-state index in [0.717, 1.165) is 6.07 Å². The molecule has 0 aliphatic carbocycles. The van der Waals surface area contributed by atoms with Gasteiger partial charge in [-0.3, -0.25) is 10.1 Å². The van der Waals surface area contributed by atoms with Crippen LogP contribution in [0.25, 0.3) is 0 Å². The second kappa shape index (κ2) is 4.05. The van der Waals surface area contributed by atoms with Gasteiger partial charge in [0.05, 0.1) is 11.5 Å². The second-order valence-corrected chi connectivity index (χ2v) is 4.25. The van der Waals surface area contributed by atoms with Gasteiger partial charge in [0.15, 0.2) is 5.79 Å². The van der Waals surface area contributed by atoms with Crippen LogP contribution in [0, 0.1) is 15.9 Å². The smallest absolute Gasteiger partial charge is 0.305 e. The summed E-state index contributed by atoms with van der Waals surface area (Å²) in [5, 5.41) is 10.6. The number of nitro groups is 1. The Morgan fingerprint density at radius 2 is 2.24 bits per heavy atom. The zero-order valence-corrected chi connectivity index (χ0v) is 9.47. The van der Waals surface area contributed by atoms with Crippen LogP contribution in [0.1, 0.15) is 25.5 Å². The molecule has 0 N–H and O–H groups in total. The van der Waals surface area contributed by atoms with Crippen LogP contribution in [0.3, 0.4) is 0 Å². The molecule has 1 atom stereocenters. The van der Waals surface area contributed by atoms with Gasteiger partial charge in [0.25, 0.3) is 0 Å². The lowest BCUT2D eigenvalue weighted by Gasteiger charge is -2.17. The van der Waals surface area contributed by atoms with Crippen molar-refractivity contribution < 1.29 is 18.8 Å². The molecule has 0 amide bonds. The lowest BCUT2D eigenvalue weighted by atomic mass is 10.1. The molecule has 5 nitrogen and oxygen atoms in total. The quantitative estimate of drug-likeness (QED) is 0.589. The first-order valence-corrected chi connectivity index (χ1v) is 5.15. The molecular formula is C11H12FNO4. The Bertz CT molecular complexity index is 461. The molecule has 92 valence electrons. The fourth-order valence-corrected chi connectivity index (χ4v) is 1.77. The number of ether oxygens (including phenoxy) is 2. The molecule has 1 aromatic rings. The first-order valence-electron chi connectivity index (χ1n) is 5.15. The fourth-order valence-electron chi connectivity index (χ4n) is 1.77. The van der Waals surface area contributed by atoms with Gasteiger partial charge in [-0.1, -0.05) is 12.1 Å². The fraction of sp³-hybridized carbons (Fsp3) is 0.455. The third-order valence-corrected chi connectivity index (χ3v) is 2.56. The minimum absolute atomic E-state index is 0.157. The van der Waals surface area contributed by atoms with E-state index in [1.165, 1.54) is 12.1 Å². The van der Waals surface area contributed by atoms with Crippen molar-refractivity contribution in [2.75, 3.05) is 6.61 Å². The maximum Gasteiger partial charge on any atom is 0.305 e. The van der Waals surface area contributed by atoms with Gasteiger partial charge >= 0.3 is 5.69 Å². The number of hydrogen-bond acceptors (Lipinski definition) is 4. The Morgan fingerprint density at radius 3 is 2.76 bits per heavy atom. The summed E-state index contributed by atoms with van der Waals surface area (Å²) in [4.78, 5) is 9.86. The van der Waals surface area contributed by atoms with Gasteiger partial charge in [-0.2, -0.15) is 4.39 Å². The molecule has 1 unspecified atom stereocenters. The molecule has 6 heteroatoms. The van der Waals surface area contributed by atoms with Crippen LogP contribution >= 0.6 is 0 Å². The highest BCUT2D eigenvalue weighted by molar-refractivity contribution is 5.38. The van der Waals surface area contributed by atoms with E-state index in [4.69, 9.17) is 9.47 Å². The summed E-state index contributed by atoms with van der Waals surface area (Å²) in [6, 6.07) is 4.03. The van der Waals surface area contributed by atoms with E-state index in [1.54, 1.807) is 13.8 Å². The predicted molar refractivity (Wildman–Crippen MR) is 56.9 cm³/mol.